The fraction of sp³-hybridized carbons (Fsp3) is 0.857. The quantitative estimate of drug-likeness (QED) is 0.563. The number of hydrogen-bond donors (Lipinski definition) is 4. The smallest absolute Gasteiger partial charge is 0.113 e. The molecule has 0 bridgehead atoms. The summed E-state index contributed by atoms with van der Waals surface area (Å²) in [6, 6.07) is -0.480. The molecule has 4 N–H and O–H groups in total. The largest absolute Gasteiger partial charge is 0.388 e. The van der Waals surface area contributed by atoms with E-state index in [1.807, 2.05) is 0 Å². The van der Waals surface area contributed by atoms with Gasteiger partial charge in [0, 0.05) is 0 Å². The van der Waals surface area contributed by atoms with Crippen molar-refractivity contribution in [2.45, 2.75) is 56.5 Å². The lowest BCUT2D eigenvalue weighted by atomic mass is 9.86. The summed E-state index contributed by atoms with van der Waals surface area (Å²) in [5, 5.41) is 32.4. The molecule has 0 radical (unpaired) electrons. The van der Waals surface area contributed by atoms with Gasteiger partial charge < -0.3 is 20.6 Å². The lowest BCUT2D eigenvalue weighted by Gasteiger charge is -2.35. The first kappa shape index (κ1) is 14.9. The third-order valence-electron chi connectivity index (χ3n) is 4.34. The first-order chi connectivity index (χ1) is 9.13. The summed E-state index contributed by atoms with van der Waals surface area (Å²) in [7, 11) is 0. The predicted octanol–water partition coefficient (Wildman–Crippen LogP) is 0.517. The van der Waals surface area contributed by atoms with Crippen molar-refractivity contribution in [3.8, 4) is 0 Å². The molecular formula is C14H24FNO3. The fourth-order valence-electron chi connectivity index (χ4n) is 3.04. The molecule has 0 aromatic rings. The average molecular weight is 273 g/mol. The summed E-state index contributed by atoms with van der Waals surface area (Å²) in [5.74, 6) is 0.590. The van der Waals surface area contributed by atoms with Gasteiger partial charge in [-0.2, -0.15) is 0 Å². The van der Waals surface area contributed by atoms with Crippen molar-refractivity contribution < 1.29 is 19.7 Å². The standard InChI is InChI=1S/C14H24FNO3/c15-7-10-6-11(13(18)14(19)12(10)17)16-8-9-4-2-1-3-5-9/h6,9,11-14,16-19H,1-5,7-8H2/t11-,12+,13+,14+/m1/s1. The van der Waals surface area contributed by atoms with Crippen LogP contribution in [-0.2, 0) is 0 Å². The van der Waals surface area contributed by atoms with E-state index in [-0.39, 0.29) is 5.57 Å². The highest BCUT2D eigenvalue weighted by Crippen LogP contribution is 2.24. The number of hydrogen-bond acceptors (Lipinski definition) is 4. The van der Waals surface area contributed by atoms with Crippen LogP contribution in [0.3, 0.4) is 0 Å². The molecule has 19 heavy (non-hydrogen) atoms. The van der Waals surface area contributed by atoms with Crippen LogP contribution in [0.5, 0.6) is 0 Å². The molecule has 110 valence electrons. The van der Waals surface area contributed by atoms with Crippen molar-refractivity contribution in [1.82, 2.24) is 5.32 Å². The van der Waals surface area contributed by atoms with E-state index in [1.165, 1.54) is 38.2 Å². The van der Waals surface area contributed by atoms with Crippen LogP contribution in [0.2, 0.25) is 0 Å². The number of aliphatic hydroxyl groups excluding tert-OH is 3. The SMILES string of the molecule is O[C@@H]1[C@@H](O)[C@@H](O)C(CF)=C[C@H]1NCC1CCCCC1. The zero-order valence-electron chi connectivity index (χ0n) is 11.1. The maximum atomic E-state index is 12.7. The highest BCUT2D eigenvalue weighted by molar-refractivity contribution is 5.21. The normalized spacial score (nSPS) is 37.2. The van der Waals surface area contributed by atoms with Gasteiger partial charge in [-0.05, 0) is 30.9 Å². The van der Waals surface area contributed by atoms with Crippen LogP contribution in [0.15, 0.2) is 11.6 Å². The van der Waals surface area contributed by atoms with Gasteiger partial charge in [0.2, 0.25) is 0 Å². The Bertz CT molecular complexity index is 318. The third-order valence-corrected chi connectivity index (χ3v) is 4.34. The Labute approximate surface area is 113 Å². The highest BCUT2D eigenvalue weighted by atomic mass is 19.1. The van der Waals surface area contributed by atoms with Crippen LogP contribution in [-0.4, -0.2) is 52.9 Å². The molecule has 4 atom stereocenters. The van der Waals surface area contributed by atoms with Crippen molar-refractivity contribution in [2.24, 2.45) is 5.92 Å². The number of rotatable bonds is 4. The van der Waals surface area contributed by atoms with Gasteiger partial charge in [0.05, 0.1) is 6.04 Å². The topological polar surface area (TPSA) is 72.7 Å². The first-order valence-corrected chi connectivity index (χ1v) is 7.17. The van der Waals surface area contributed by atoms with E-state index in [4.69, 9.17) is 0 Å². The zero-order valence-corrected chi connectivity index (χ0v) is 11.1. The Hall–Kier alpha value is -0.490. The second-order valence-corrected chi connectivity index (χ2v) is 5.74. The second-order valence-electron chi connectivity index (χ2n) is 5.74. The molecule has 0 heterocycles. The summed E-state index contributed by atoms with van der Waals surface area (Å²) < 4.78 is 12.7. The monoisotopic (exact) mass is 273 g/mol. The molecule has 0 aromatic heterocycles. The Balaban J connectivity index is 1.92. The van der Waals surface area contributed by atoms with Gasteiger partial charge in [0.1, 0.15) is 25.0 Å². The molecule has 2 aliphatic rings. The van der Waals surface area contributed by atoms with Gasteiger partial charge in [-0.1, -0.05) is 25.3 Å². The first-order valence-electron chi connectivity index (χ1n) is 7.17. The number of halogens is 1. The summed E-state index contributed by atoms with van der Waals surface area (Å²) >= 11 is 0. The van der Waals surface area contributed by atoms with Crippen molar-refractivity contribution in [1.29, 1.82) is 0 Å². The second kappa shape index (κ2) is 6.79. The summed E-state index contributed by atoms with van der Waals surface area (Å²) in [4.78, 5) is 0. The molecule has 2 rings (SSSR count). The molecule has 5 heteroatoms. The molecule has 0 aromatic carbocycles. The number of nitrogens with one attached hydrogen (secondary N) is 1. The van der Waals surface area contributed by atoms with E-state index in [9.17, 15) is 19.7 Å². The molecular weight excluding hydrogens is 249 g/mol. The summed E-state index contributed by atoms with van der Waals surface area (Å²) in [5.41, 5.74) is 0.152. The van der Waals surface area contributed by atoms with Crippen LogP contribution >= 0.6 is 0 Å². The lowest BCUT2D eigenvalue weighted by molar-refractivity contribution is -0.0633. The minimum atomic E-state index is -1.32. The Morgan fingerprint density at radius 2 is 1.79 bits per heavy atom. The van der Waals surface area contributed by atoms with E-state index in [0.29, 0.717) is 5.92 Å². The molecule has 0 saturated heterocycles. The van der Waals surface area contributed by atoms with Crippen molar-refractivity contribution in [3.05, 3.63) is 11.6 Å². The molecule has 0 unspecified atom stereocenters. The number of aliphatic hydroxyl groups is 3. The molecule has 0 amide bonds. The Morgan fingerprint density at radius 3 is 2.42 bits per heavy atom. The third kappa shape index (κ3) is 3.54. The van der Waals surface area contributed by atoms with Gasteiger partial charge in [0.15, 0.2) is 0 Å². The van der Waals surface area contributed by atoms with Crippen LogP contribution < -0.4 is 5.32 Å². The van der Waals surface area contributed by atoms with Gasteiger partial charge in [-0.15, -0.1) is 0 Å². The van der Waals surface area contributed by atoms with E-state index in [0.717, 1.165) is 6.54 Å². The maximum Gasteiger partial charge on any atom is 0.113 e. The van der Waals surface area contributed by atoms with Crippen LogP contribution in [0, 0.1) is 5.92 Å². The maximum absolute atomic E-state index is 12.7. The predicted molar refractivity (Wildman–Crippen MR) is 70.4 cm³/mol. The van der Waals surface area contributed by atoms with Crippen LogP contribution in [0.1, 0.15) is 32.1 Å². The van der Waals surface area contributed by atoms with Gasteiger partial charge >= 0.3 is 0 Å². The summed E-state index contributed by atoms with van der Waals surface area (Å²) in [6.07, 6.45) is 3.95. The fourth-order valence-corrected chi connectivity index (χ4v) is 3.04. The van der Waals surface area contributed by atoms with Crippen molar-refractivity contribution in [3.63, 3.8) is 0 Å². The van der Waals surface area contributed by atoms with Gasteiger partial charge in [0.25, 0.3) is 0 Å². The van der Waals surface area contributed by atoms with E-state index in [1.54, 1.807) is 0 Å². The lowest BCUT2D eigenvalue weighted by Crippen LogP contribution is -2.54. The van der Waals surface area contributed by atoms with Crippen LogP contribution in [0.4, 0.5) is 4.39 Å². The molecule has 1 fully saturated rings. The van der Waals surface area contributed by atoms with E-state index < -0.39 is 31.0 Å². The molecule has 2 aliphatic carbocycles. The molecule has 0 aliphatic heterocycles. The van der Waals surface area contributed by atoms with Crippen molar-refractivity contribution >= 4 is 0 Å². The Kier molecular flexibility index (Phi) is 5.33. The van der Waals surface area contributed by atoms with E-state index in [2.05, 4.69) is 5.32 Å². The molecule has 4 nitrogen and oxygen atoms in total. The Morgan fingerprint density at radius 1 is 1.11 bits per heavy atom. The average Bonchev–Trinajstić information content (AvgIpc) is 2.45. The molecule has 1 saturated carbocycles. The van der Waals surface area contributed by atoms with E-state index >= 15 is 0 Å². The molecule has 0 spiro atoms. The summed E-state index contributed by atoms with van der Waals surface area (Å²) in [6.45, 7) is -0.0346. The minimum Gasteiger partial charge on any atom is -0.388 e. The van der Waals surface area contributed by atoms with Gasteiger partial charge in [-0.25, -0.2) is 4.39 Å². The van der Waals surface area contributed by atoms with Crippen LogP contribution in [0.25, 0.3) is 0 Å². The highest BCUT2D eigenvalue weighted by Gasteiger charge is 2.37. The minimum absolute atomic E-state index is 0.152. The van der Waals surface area contributed by atoms with Crippen molar-refractivity contribution in [2.75, 3.05) is 13.2 Å². The van der Waals surface area contributed by atoms with Gasteiger partial charge in [-0.3, -0.25) is 0 Å². The number of alkyl halides is 1. The zero-order chi connectivity index (χ0) is 13.8.